The molecular formula is C19H24F3N3O2. The fraction of sp³-hybridized carbons (Fsp3) is 0.632. The fourth-order valence-electron chi connectivity index (χ4n) is 4.98. The van der Waals surface area contributed by atoms with Crippen LogP contribution in [0.1, 0.15) is 40.7 Å². The summed E-state index contributed by atoms with van der Waals surface area (Å²) < 4.78 is 43.5. The summed E-state index contributed by atoms with van der Waals surface area (Å²) in [7, 11) is 1.89. The normalized spacial score (nSPS) is 30.6. The molecule has 1 aromatic rings. The van der Waals surface area contributed by atoms with E-state index in [4.69, 9.17) is 5.21 Å². The molecule has 0 bridgehead atoms. The van der Waals surface area contributed by atoms with Crippen LogP contribution in [0, 0.1) is 11.2 Å². The molecule has 0 radical (unpaired) electrons. The third kappa shape index (κ3) is 3.03. The van der Waals surface area contributed by atoms with Gasteiger partial charge in [-0.1, -0.05) is 0 Å². The predicted octanol–water partition coefficient (Wildman–Crippen LogP) is 2.42. The first kappa shape index (κ1) is 18.7. The summed E-state index contributed by atoms with van der Waals surface area (Å²) in [6.07, 6.45) is 1.33. The maximum Gasteiger partial charge on any atom is 0.274 e. The molecule has 2 aliphatic heterocycles. The van der Waals surface area contributed by atoms with Gasteiger partial charge in [0.2, 0.25) is 0 Å². The number of fused-ring (bicyclic) bond motifs is 1. The summed E-state index contributed by atoms with van der Waals surface area (Å²) in [5.74, 6) is -3.88. The van der Waals surface area contributed by atoms with Crippen molar-refractivity contribution < 1.29 is 23.2 Å². The Morgan fingerprint density at radius 3 is 2.74 bits per heavy atom. The molecule has 3 aliphatic rings. The van der Waals surface area contributed by atoms with Gasteiger partial charge >= 0.3 is 0 Å². The molecular weight excluding hydrogens is 359 g/mol. The number of amides is 1. The Bertz CT molecular complexity index is 765. The minimum absolute atomic E-state index is 0.0374. The van der Waals surface area contributed by atoms with Gasteiger partial charge in [-0.25, -0.2) is 18.7 Å². The molecule has 0 unspecified atom stereocenters. The summed E-state index contributed by atoms with van der Waals surface area (Å²) in [6, 6.07) is 2.74. The van der Waals surface area contributed by atoms with Crippen molar-refractivity contribution in [1.29, 1.82) is 0 Å². The van der Waals surface area contributed by atoms with E-state index in [1.54, 1.807) is 6.07 Å². The van der Waals surface area contributed by atoms with Crippen molar-refractivity contribution in [1.82, 2.24) is 15.3 Å². The number of piperidine rings is 1. The number of halogens is 3. The first-order valence-corrected chi connectivity index (χ1v) is 9.31. The van der Waals surface area contributed by atoms with E-state index < -0.39 is 23.1 Å². The van der Waals surface area contributed by atoms with Crippen LogP contribution in [0.25, 0.3) is 0 Å². The summed E-state index contributed by atoms with van der Waals surface area (Å²) in [4.78, 5) is 15.6. The van der Waals surface area contributed by atoms with Crippen molar-refractivity contribution in [2.45, 2.75) is 44.2 Å². The van der Waals surface area contributed by atoms with Crippen molar-refractivity contribution in [2.24, 2.45) is 5.41 Å². The molecule has 1 saturated heterocycles. The lowest BCUT2D eigenvalue weighted by atomic mass is 9.58. The number of nitrogens with one attached hydrogen (secondary N) is 1. The molecule has 148 valence electrons. The van der Waals surface area contributed by atoms with E-state index in [0.29, 0.717) is 51.0 Å². The standard InChI is InChI=1S/C19H24F3N3O2/c1-24-5-3-19(21,22)18(11-24)8-14(9-18)25-4-2-12-6-13(17(26)23-27)7-16(20)15(12)10-25/h6-7,14,27H,2-5,8-11H2,1H3,(H,23,26). The molecule has 1 aromatic carbocycles. The van der Waals surface area contributed by atoms with Crippen LogP contribution in [0.15, 0.2) is 12.1 Å². The predicted molar refractivity (Wildman–Crippen MR) is 92.3 cm³/mol. The monoisotopic (exact) mass is 383 g/mol. The molecule has 2 heterocycles. The van der Waals surface area contributed by atoms with Gasteiger partial charge in [0.15, 0.2) is 0 Å². The van der Waals surface area contributed by atoms with Gasteiger partial charge in [0.05, 0.1) is 0 Å². The van der Waals surface area contributed by atoms with E-state index in [1.165, 1.54) is 5.48 Å². The Hall–Kier alpha value is -1.64. The van der Waals surface area contributed by atoms with Gasteiger partial charge in [0.25, 0.3) is 11.8 Å². The smallest absolute Gasteiger partial charge is 0.274 e. The molecule has 2 N–H and O–H groups in total. The quantitative estimate of drug-likeness (QED) is 0.608. The second-order valence-electron chi connectivity index (χ2n) is 8.29. The van der Waals surface area contributed by atoms with E-state index in [9.17, 15) is 18.0 Å². The van der Waals surface area contributed by atoms with Crippen LogP contribution >= 0.6 is 0 Å². The highest BCUT2D eigenvalue weighted by Crippen LogP contribution is 2.57. The first-order chi connectivity index (χ1) is 12.7. The fourth-order valence-corrected chi connectivity index (χ4v) is 4.98. The molecule has 8 heteroatoms. The molecule has 27 heavy (non-hydrogen) atoms. The van der Waals surface area contributed by atoms with E-state index in [-0.39, 0.29) is 18.0 Å². The first-order valence-electron chi connectivity index (χ1n) is 9.31. The number of hydrogen-bond acceptors (Lipinski definition) is 4. The van der Waals surface area contributed by atoms with Gasteiger partial charge in [0, 0.05) is 55.2 Å². The molecule has 0 aromatic heterocycles. The van der Waals surface area contributed by atoms with Gasteiger partial charge < -0.3 is 4.90 Å². The average Bonchev–Trinajstić information content (AvgIpc) is 2.61. The highest BCUT2D eigenvalue weighted by atomic mass is 19.3. The average molecular weight is 383 g/mol. The number of hydrogen-bond donors (Lipinski definition) is 2. The van der Waals surface area contributed by atoms with Crippen molar-refractivity contribution in [2.75, 3.05) is 26.7 Å². The lowest BCUT2D eigenvalue weighted by Gasteiger charge is -2.58. The van der Waals surface area contributed by atoms with E-state index in [1.807, 2.05) is 11.9 Å². The minimum atomic E-state index is -2.64. The number of rotatable bonds is 2. The van der Waals surface area contributed by atoms with Crippen LogP contribution in [0.3, 0.4) is 0 Å². The summed E-state index contributed by atoms with van der Waals surface area (Å²) in [6.45, 7) is 1.85. The van der Waals surface area contributed by atoms with Crippen LogP contribution in [0.4, 0.5) is 13.2 Å². The Labute approximate surface area is 156 Å². The zero-order chi connectivity index (χ0) is 19.4. The van der Waals surface area contributed by atoms with Crippen molar-refractivity contribution in [3.05, 3.63) is 34.6 Å². The number of alkyl halides is 2. The van der Waals surface area contributed by atoms with Gasteiger partial charge in [-0.2, -0.15) is 0 Å². The van der Waals surface area contributed by atoms with Crippen molar-refractivity contribution >= 4 is 5.91 Å². The lowest BCUT2D eigenvalue weighted by Crippen LogP contribution is -2.65. The van der Waals surface area contributed by atoms with Crippen LogP contribution < -0.4 is 5.48 Å². The van der Waals surface area contributed by atoms with Gasteiger partial charge in [-0.15, -0.1) is 0 Å². The topological polar surface area (TPSA) is 55.8 Å². The highest BCUT2D eigenvalue weighted by molar-refractivity contribution is 5.93. The number of benzene rings is 1. The van der Waals surface area contributed by atoms with Crippen LogP contribution in [-0.2, 0) is 13.0 Å². The minimum Gasteiger partial charge on any atom is -0.305 e. The molecule has 1 spiro atoms. The Morgan fingerprint density at radius 2 is 2.04 bits per heavy atom. The maximum atomic E-state index is 14.5. The molecule has 5 nitrogen and oxygen atoms in total. The second-order valence-corrected chi connectivity index (χ2v) is 8.29. The largest absolute Gasteiger partial charge is 0.305 e. The number of nitrogens with zero attached hydrogens (tertiary/aromatic N) is 2. The van der Waals surface area contributed by atoms with Crippen molar-refractivity contribution in [3.63, 3.8) is 0 Å². The molecule has 4 rings (SSSR count). The molecule has 2 fully saturated rings. The van der Waals surface area contributed by atoms with Crippen LogP contribution in [0.5, 0.6) is 0 Å². The molecule has 1 amide bonds. The lowest BCUT2D eigenvalue weighted by molar-refractivity contribution is -0.219. The van der Waals surface area contributed by atoms with Gasteiger partial charge in [-0.05, 0) is 44.0 Å². The van der Waals surface area contributed by atoms with Crippen LogP contribution in [0.2, 0.25) is 0 Å². The Kier molecular flexibility index (Phi) is 4.48. The molecule has 0 atom stereocenters. The summed E-state index contributed by atoms with van der Waals surface area (Å²) in [5, 5.41) is 8.72. The second kappa shape index (κ2) is 6.46. The van der Waals surface area contributed by atoms with Crippen LogP contribution in [-0.4, -0.2) is 59.6 Å². The van der Waals surface area contributed by atoms with Gasteiger partial charge in [-0.3, -0.25) is 14.9 Å². The Balaban J connectivity index is 1.48. The van der Waals surface area contributed by atoms with E-state index in [2.05, 4.69) is 4.90 Å². The van der Waals surface area contributed by atoms with Gasteiger partial charge in [0.1, 0.15) is 5.82 Å². The Morgan fingerprint density at radius 1 is 1.30 bits per heavy atom. The third-order valence-corrected chi connectivity index (χ3v) is 6.61. The molecule has 1 saturated carbocycles. The highest BCUT2D eigenvalue weighted by Gasteiger charge is 2.63. The maximum absolute atomic E-state index is 14.5. The number of likely N-dealkylation sites (tertiary alicyclic amines) is 1. The zero-order valence-corrected chi connectivity index (χ0v) is 15.3. The third-order valence-electron chi connectivity index (χ3n) is 6.61. The van der Waals surface area contributed by atoms with Crippen molar-refractivity contribution in [3.8, 4) is 0 Å². The summed E-state index contributed by atoms with van der Waals surface area (Å²) >= 11 is 0. The SMILES string of the molecule is CN1CCC(F)(F)C2(CC(N3CCc4cc(C(=O)NO)cc(F)c4C3)C2)C1. The number of carbonyl (C=O) groups excluding carboxylic acids is 1. The number of carbonyl (C=O) groups is 1. The summed E-state index contributed by atoms with van der Waals surface area (Å²) in [5.41, 5.74) is 1.90. The van der Waals surface area contributed by atoms with E-state index >= 15 is 0 Å². The zero-order valence-electron chi connectivity index (χ0n) is 15.3. The van der Waals surface area contributed by atoms with E-state index in [0.717, 1.165) is 11.6 Å². The number of hydroxylamine groups is 1. The molecule has 1 aliphatic carbocycles.